The highest BCUT2D eigenvalue weighted by atomic mass is 32.1. The zero-order valence-corrected chi connectivity index (χ0v) is 16.1. The summed E-state index contributed by atoms with van der Waals surface area (Å²) in [7, 11) is 1.48. The Labute approximate surface area is 162 Å². The average Bonchev–Trinajstić information content (AvgIpc) is 2.64. The summed E-state index contributed by atoms with van der Waals surface area (Å²) in [6.07, 6.45) is -3.92. The summed E-state index contributed by atoms with van der Waals surface area (Å²) in [5, 5.41) is 20.7. The molecular formula is C18H23NO7S. The minimum Gasteiger partial charge on any atom is -0.486 e. The van der Waals surface area contributed by atoms with Gasteiger partial charge in [0.2, 0.25) is 11.3 Å². The largest absolute Gasteiger partial charge is 0.486 e. The molecule has 1 aromatic carbocycles. The van der Waals surface area contributed by atoms with Gasteiger partial charge in [0.1, 0.15) is 18.0 Å². The van der Waals surface area contributed by atoms with Crippen LogP contribution in [0.15, 0.2) is 29.3 Å². The number of esters is 1. The Morgan fingerprint density at radius 3 is 2.56 bits per heavy atom. The molecule has 0 bridgehead atoms. The number of carbonyl (C=O) groups excluding carboxylic acids is 1. The lowest BCUT2D eigenvalue weighted by molar-refractivity contribution is -0.272. The monoisotopic (exact) mass is 397 g/mol. The van der Waals surface area contributed by atoms with Gasteiger partial charge in [0.25, 0.3) is 0 Å². The fourth-order valence-corrected chi connectivity index (χ4v) is 2.62. The second-order valence-electron chi connectivity index (χ2n) is 6.02. The minimum absolute atomic E-state index is 0.304. The number of ether oxygens (including phenoxy) is 4. The molecule has 8 nitrogen and oxygen atoms in total. The molecule has 0 saturated carbocycles. The van der Waals surface area contributed by atoms with Crippen LogP contribution in [0, 0.1) is 0 Å². The third-order valence-corrected chi connectivity index (χ3v) is 4.20. The van der Waals surface area contributed by atoms with Gasteiger partial charge in [-0.25, -0.2) is 0 Å². The Hall–Kier alpha value is -2.07. The van der Waals surface area contributed by atoms with Crippen molar-refractivity contribution in [1.82, 2.24) is 0 Å². The summed E-state index contributed by atoms with van der Waals surface area (Å²) in [4.78, 5) is 15.3. The molecule has 2 unspecified atom stereocenters. The van der Waals surface area contributed by atoms with E-state index in [-0.39, 0.29) is 0 Å². The summed E-state index contributed by atoms with van der Waals surface area (Å²) in [5.74, 6) is -0.116. The Morgan fingerprint density at radius 1 is 1.30 bits per heavy atom. The molecule has 0 aromatic heterocycles. The van der Waals surface area contributed by atoms with E-state index in [4.69, 9.17) is 31.2 Å². The fraction of sp³-hybridized carbons (Fsp3) is 0.500. The Kier molecular flexibility index (Phi) is 7.66. The van der Waals surface area contributed by atoms with Crippen molar-refractivity contribution in [2.24, 2.45) is 4.99 Å². The number of rotatable bonds is 6. The molecule has 1 fully saturated rings. The molecule has 1 aromatic rings. The summed E-state index contributed by atoms with van der Waals surface area (Å²) < 4.78 is 21.0. The van der Waals surface area contributed by atoms with E-state index in [1.165, 1.54) is 20.2 Å². The van der Waals surface area contributed by atoms with Crippen molar-refractivity contribution in [1.29, 1.82) is 0 Å². The quantitative estimate of drug-likeness (QED) is 0.416. The van der Waals surface area contributed by atoms with E-state index < -0.39 is 36.7 Å². The smallest absolute Gasteiger partial charge is 0.303 e. The third-order valence-electron chi connectivity index (χ3n) is 3.93. The van der Waals surface area contributed by atoms with Crippen LogP contribution >= 0.6 is 12.2 Å². The Balaban J connectivity index is 1.95. The zero-order chi connectivity index (χ0) is 20.0. The molecule has 2 rings (SSSR count). The van der Waals surface area contributed by atoms with Crippen LogP contribution in [0.5, 0.6) is 5.75 Å². The van der Waals surface area contributed by atoms with E-state index in [2.05, 4.69) is 4.99 Å². The molecule has 0 radical (unpaired) electrons. The van der Waals surface area contributed by atoms with Crippen molar-refractivity contribution in [3.8, 4) is 5.75 Å². The van der Waals surface area contributed by atoms with Gasteiger partial charge < -0.3 is 29.2 Å². The van der Waals surface area contributed by atoms with Crippen molar-refractivity contribution < 1.29 is 34.0 Å². The first kappa shape index (κ1) is 21.2. The summed E-state index contributed by atoms with van der Waals surface area (Å²) in [6.45, 7) is 3.28. The van der Waals surface area contributed by atoms with Crippen LogP contribution in [-0.4, -0.2) is 65.3 Å². The van der Waals surface area contributed by atoms with E-state index in [0.29, 0.717) is 17.3 Å². The summed E-state index contributed by atoms with van der Waals surface area (Å²) in [6, 6.07) is 7.01. The number of aliphatic hydroxyl groups is 2. The molecule has 148 valence electrons. The number of methoxy groups -OCH3 is 1. The van der Waals surface area contributed by atoms with E-state index in [1.54, 1.807) is 31.2 Å². The third kappa shape index (κ3) is 5.96. The van der Waals surface area contributed by atoms with Gasteiger partial charge in [-0.05, 0) is 36.8 Å². The van der Waals surface area contributed by atoms with Crippen molar-refractivity contribution in [2.75, 3.05) is 7.11 Å². The Morgan fingerprint density at radius 2 is 1.96 bits per heavy atom. The van der Waals surface area contributed by atoms with Gasteiger partial charge in [-0.15, -0.1) is 0 Å². The fourth-order valence-electron chi connectivity index (χ4n) is 2.54. The maximum atomic E-state index is 11.1. The van der Waals surface area contributed by atoms with Gasteiger partial charge in [-0.3, -0.25) is 9.79 Å². The van der Waals surface area contributed by atoms with E-state index in [9.17, 15) is 15.0 Å². The lowest BCUT2D eigenvalue weighted by atomic mass is 9.99. The first-order valence-electron chi connectivity index (χ1n) is 8.34. The topological polar surface area (TPSA) is 107 Å². The number of benzene rings is 1. The molecular weight excluding hydrogens is 374 g/mol. The SMILES string of the molecule is COC(=S)C=NCc1ccc(OC2O[C@@H](C)C(OC(C)=O)[C@@H](O)[C@H]2O)cc1. The Bertz CT molecular complexity index is 679. The van der Waals surface area contributed by atoms with Gasteiger partial charge in [0.05, 0.1) is 26.0 Å². The van der Waals surface area contributed by atoms with Gasteiger partial charge in [-0.1, -0.05) is 12.1 Å². The number of hydrogen-bond donors (Lipinski definition) is 2. The van der Waals surface area contributed by atoms with Crippen LogP contribution in [0.25, 0.3) is 0 Å². The second-order valence-corrected chi connectivity index (χ2v) is 6.42. The highest BCUT2D eigenvalue weighted by Crippen LogP contribution is 2.26. The van der Waals surface area contributed by atoms with Crippen LogP contribution in [0.2, 0.25) is 0 Å². The first-order valence-corrected chi connectivity index (χ1v) is 8.75. The molecule has 0 amide bonds. The van der Waals surface area contributed by atoms with Crippen molar-refractivity contribution in [3.63, 3.8) is 0 Å². The van der Waals surface area contributed by atoms with Gasteiger partial charge >= 0.3 is 5.97 Å². The molecule has 0 spiro atoms. The molecule has 27 heavy (non-hydrogen) atoms. The average molecular weight is 397 g/mol. The van der Waals surface area contributed by atoms with Crippen LogP contribution in [0.3, 0.4) is 0 Å². The minimum atomic E-state index is -1.37. The lowest BCUT2D eigenvalue weighted by Gasteiger charge is -2.40. The number of thiocarbonyl (C=S) groups is 1. The molecule has 1 aliphatic rings. The number of aliphatic imine (C=N–C) groups is 1. The highest BCUT2D eigenvalue weighted by Gasteiger charge is 2.45. The summed E-state index contributed by atoms with van der Waals surface area (Å²) >= 11 is 4.87. The van der Waals surface area contributed by atoms with E-state index >= 15 is 0 Å². The maximum absolute atomic E-state index is 11.1. The molecule has 1 heterocycles. The highest BCUT2D eigenvalue weighted by molar-refractivity contribution is 7.81. The van der Waals surface area contributed by atoms with Crippen LogP contribution in [0.1, 0.15) is 19.4 Å². The first-order chi connectivity index (χ1) is 12.8. The van der Waals surface area contributed by atoms with Gasteiger partial charge in [0.15, 0.2) is 6.10 Å². The molecule has 2 N–H and O–H groups in total. The van der Waals surface area contributed by atoms with Crippen LogP contribution in [-0.2, 0) is 25.5 Å². The molecule has 1 saturated heterocycles. The summed E-state index contributed by atoms with van der Waals surface area (Å²) in [5.41, 5.74) is 0.922. The van der Waals surface area contributed by atoms with E-state index in [1.807, 2.05) is 0 Å². The molecule has 1 aliphatic heterocycles. The number of carbonyl (C=O) groups is 1. The van der Waals surface area contributed by atoms with Crippen LogP contribution in [0.4, 0.5) is 0 Å². The predicted molar refractivity (Wildman–Crippen MR) is 101 cm³/mol. The standard InChI is InChI=1S/C18H23NO7S/c1-10-17(25-11(2)20)15(21)16(22)18(24-10)26-13-6-4-12(5-7-13)8-19-9-14(27)23-3/h4-7,9-10,15-18,21-22H,8H2,1-3H3/t10-,15-,16+,17?,18?/m0/s1. The second kappa shape index (κ2) is 9.75. The number of aliphatic hydroxyl groups excluding tert-OH is 2. The lowest BCUT2D eigenvalue weighted by Crippen LogP contribution is -2.59. The van der Waals surface area contributed by atoms with Crippen molar-refractivity contribution in [3.05, 3.63) is 29.8 Å². The normalized spacial score (nSPS) is 28.0. The molecule has 9 heteroatoms. The predicted octanol–water partition coefficient (Wildman–Crippen LogP) is 1.01. The number of hydrogen-bond acceptors (Lipinski definition) is 9. The molecule has 5 atom stereocenters. The van der Waals surface area contributed by atoms with E-state index in [0.717, 1.165) is 5.56 Å². The van der Waals surface area contributed by atoms with Crippen molar-refractivity contribution >= 4 is 29.5 Å². The maximum Gasteiger partial charge on any atom is 0.303 e. The van der Waals surface area contributed by atoms with Gasteiger partial charge in [0, 0.05) is 6.92 Å². The van der Waals surface area contributed by atoms with Gasteiger partial charge in [-0.2, -0.15) is 0 Å². The van der Waals surface area contributed by atoms with Crippen molar-refractivity contribution in [2.45, 2.75) is 51.1 Å². The number of nitrogens with zero attached hydrogens (tertiary/aromatic N) is 1. The van der Waals surface area contributed by atoms with Crippen LogP contribution < -0.4 is 4.74 Å². The zero-order valence-electron chi connectivity index (χ0n) is 15.3. The molecule has 0 aliphatic carbocycles.